The lowest BCUT2D eigenvalue weighted by molar-refractivity contribution is 0.0940. The molecule has 0 saturated heterocycles. The molecule has 5 rings (SSSR count). The Balaban J connectivity index is 1.48. The molecule has 2 N–H and O–H groups in total. The molecule has 3 aromatic carbocycles. The fraction of sp³-hybridized carbons (Fsp3) is 0.269. The zero-order valence-corrected chi connectivity index (χ0v) is 17.0. The fourth-order valence-electron chi connectivity index (χ4n) is 5.00. The van der Waals surface area contributed by atoms with Gasteiger partial charge in [0.15, 0.2) is 0 Å². The number of nitrogens with one attached hydrogen (secondary N) is 1. The molecule has 0 saturated carbocycles. The largest absolute Gasteiger partial charge is 0.391 e. The van der Waals surface area contributed by atoms with E-state index in [0.717, 1.165) is 11.3 Å². The van der Waals surface area contributed by atoms with Gasteiger partial charge in [0.05, 0.1) is 12.1 Å². The van der Waals surface area contributed by atoms with Gasteiger partial charge in [-0.05, 0) is 48.2 Å². The number of carbonyl (C=O) groups is 1. The fourth-order valence-corrected chi connectivity index (χ4v) is 5.00. The summed E-state index contributed by atoms with van der Waals surface area (Å²) in [6.45, 7) is 2.75. The van der Waals surface area contributed by atoms with E-state index in [9.17, 15) is 9.90 Å². The second-order valence-electron chi connectivity index (χ2n) is 8.34. The van der Waals surface area contributed by atoms with Crippen molar-refractivity contribution in [2.75, 3.05) is 11.4 Å². The van der Waals surface area contributed by atoms with Gasteiger partial charge in [-0.25, -0.2) is 0 Å². The summed E-state index contributed by atoms with van der Waals surface area (Å²) < 4.78 is 0. The highest BCUT2D eigenvalue weighted by Crippen LogP contribution is 2.48. The molecule has 152 valence electrons. The summed E-state index contributed by atoms with van der Waals surface area (Å²) >= 11 is 0. The molecule has 3 aromatic rings. The summed E-state index contributed by atoms with van der Waals surface area (Å²) in [7, 11) is 0. The predicted octanol–water partition coefficient (Wildman–Crippen LogP) is 4.59. The molecule has 1 aliphatic heterocycles. The second-order valence-corrected chi connectivity index (χ2v) is 8.34. The SMILES string of the molecule is C[C@@H](N[C@H]1c2cccc3c2[C@H](C[C@@H]1O)CN3C(=O)c1ccccc1)c1ccccc1. The van der Waals surface area contributed by atoms with Crippen LogP contribution in [0.4, 0.5) is 5.69 Å². The predicted molar refractivity (Wildman–Crippen MR) is 119 cm³/mol. The minimum Gasteiger partial charge on any atom is -0.391 e. The third-order valence-electron chi connectivity index (χ3n) is 6.46. The number of benzene rings is 3. The summed E-state index contributed by atoms with van der Waals surface area (Å²) in [5.74, 6) is 0.194. The van der Waals surface area contributed by atoms with Crippen molar-refractivity contribution >= 4 is 11.6 Å². The maximum absolute atomic E-state index is 13.2. The van der Waals surface area contributed by atoms with Gasteiger partial charge < -0.3 is 15.3 Å². The molecular weight excluding hydrogens is 372 g/mol. The van der Waals surface area contributed by atoms with Crippen molar-refractivity contribution < 1.29 is 9.90 Å². The van der Waals surface area contributed by atoms with Crippen LogP contribution >= 0.6 is 0 Å². The van der Waals surface area contributed by atoms with Gasteiger partial charge in [0, 0.05) is 29.8 Å². The number of nitrogens with zero attached hydrogens (tertiary/aromatic N) is 1. The maximum atomic E-state index is 13.2. The lowest BCUT2D eigenvalue weighted by atomic mass is 9.79. The van der Waals surface area contributed by atoms with Crippen LogP contribution in [-0.4, -0.2) is 23.7 Å². The van der Waals surface area contributed by atoms with E-state index < -0.39 is 6.10 Å². The van der Waals surface area contributed by atoms with Gasteiger partial charge in [0.2, 0.25) is 0 Å². The average molecular weight is 399 g/mol. The molecule has 2 aliphatic rings. The van der Waals surface area contributed by atoms with Crippen LogP contribution in [0.1, 0.15) is 58.4 Å². The second kappa shape index (κ2) is 7.71. The molecular formula is C26H26N2O2. The maximum Gasteiger partial charge on any atom is 0.258 e. The van der Waals surface area contributed by atoms with E-state index in [0.29, 0.717) is 18.5 Å². The Morgan fingerprint density at radius 2 is 1.70 bits per heavy atom. The van der Waals surface area contributed by atoms with Crippen molar-refractivity contribution in [2.45, 2.75) is 37.5 Å². The van der Waals surface area contributed by atoms with Gasteiger partial charge >= 0.3 is 0 Å². The smallest absolute Gasteiger partial charge is 0.258 e. The first kappa shape index (κ1) is 19.0. The van der Waals surface area contributed by atoms with E-state index in [-0.39, 0.29) is 23.9 Å². The minimum absolute atomic E-state index is 0.0232. The molecule has 0 unspecified atom stereocenters. The number of rotatable bonds is 4. The molecule has 4 heteroatoms. The van der Waals surface area contributed by atoms with Crippen molar-refractivity contribution in [3.8, 4) is 0 Å². The molecule has 0 bridgehead atoms. The summed E-state index contributed by atoms with van der Waals surface area (Å²) in [4.78, 5) is 15.1. The van der Waals surface area contributed by atoms with E-state index in [4.69, 9.17) is 0 Å². The monoisotopic (exact) mass is 398 g/mol. The quantitative estimate of drug-likeness (QED) is 0.676. The van der Waals surface area contributed by atoms with E-state index >= 15 is 0 Å². The highest BCUT2D eigenvalue weighted by atomic mass is 16.3. The molecule has 1 aliphatic carbocycles. The Labute approximate surface area is 177 Å². The molecule has 4 atom stereocenters. The number of aliphatic hydroxyl groups excluding tert-OH is 1. The zero-order valence-electron chi connectivity index (χ0n) is 17.0. The zero-order chi connectivity index (χ0) is 20.7. The van der Waals surface area contributed by atoms with Gasteiger partial charge in [-0.1, -0.05) is 60.7 Å². The highest BCUT2D eigenvalue weighted by molar-refractivity contribution is 6.07. The Morgan fingerprint density at radius 1 is 1.00 bits per heavy atom. The summed E-state index contributed by atoms with van der Waals surface area (Å²) in [5.41, 5.74) is 5.20. The molecule has 1 amide bonds. The molecule has 0 radical (unpaired) electrons. The number of aliphatic hydroxyl groups is 1. The lowest BCUT2D eigenvalue weighted by Gasteiger charge is -2.35. The van der Waals surface area contributed by atoms with E-state index in [1.807, 2.05) is 65.6 Å². The first-order valence-electron chi connectivity index (χ1n) is 10.6. The van der Waals surface area contributed by atoms with Crippen LogP contribution in [-0.2, 0) is 0 Å². The van der Waals surface area contributed by atoms with Crippen LogP contribution < -0.4 is 10.2 Å². The highest BCUT2D eigenvalue weighted by Gasteiger charge is 2.42. The molecule has 0 spiro atoms. The van der Waals surface area contributed by atoms with Crippen molar-refractivity contribution in [3.63, 3.8) is 0 Å². The number of carbonyl (C=O) groups excluding carboxylic acids is 1. The van der Waals surface area contributed by atoms with Crippen molar-refractivity contribution in [1.29, 1.82) is 0 Å². The number of hydrogen-bond donors (Lipinski definition) is 2. The van der Waals surface area contributed by atoms with Crippen LogP contribution in [0.3, 0.4) is 0 Å². The Hall–Kier alpha value is -2.95. The van der Waals surface area contributed by atoms with Crippen molar-refractivity contribution in [2.24, 2.45) is 0 Å². The van der Waals surface area contributed by atoms with Gasteiger partial charge in [0.1, 0.15) is 0 Å². The van der Waals surface area contributed by atoms with Gasteiger partial charge in [0.25, 0.3) is 5.91 Å². The Bertz CT molecular complexity index is 1050. The molecule has 0 aromatic heterocycles. The van der Waals surface area contributed by atoms with Gasteiger partial charge in [-0.15, -0.1) is 0 Å². The van der Waals surface area contributed by atoms with E-state index in [1.165, 1.54) is 11.1 Å². The van der Waals surface area contributed by atoms with Crippen LogP contribution in [0.2, 0.25) is 0 Å². The summed E-state index contributed by atoms with van der Waals surface area (Å²) in [6, 6.07) is 25.8. The first-order chi connectivity index (χ1) is 14.6. The van der Waals surface area contributed by atoms with Gasteiger partial charge in [-0.3, -0.25) is 4.79 Å². The summed E-state index contributed by atoms with van der Waals surface area (Å²) in [5, 5.41) is 14.7. The van der Waals surface area contributed by atoms with Crippen LogP contribution in [0, 0.1) is 0 Å². The Morgan fingerprint density at radius 3 is 2.43 bits per heavy atom. The van der Waals surface area contributed by atoms with Crippen molar-refractivity contribution in [1.82, 2.24) is 5.32 Å². The van der Waals surface area contributed by atoms with Crippen LogP contribution in [0.25, 0.3) is 0 Å². The molecule has 0 fully saturated rings. The Kier molecular flexibility index (Phi) is 4.89. The third-order valence-corrected chi connectivity index (χ3v) is 6.46. The van der Waals surface area contributed by atoms with Crippen LogP contribution in [0.5, 0.6) is 0 Å². The van der Waals surface area contributed by atoms with Crippen molar-refractivity contribution in [3.05, 3.63) is 101 Å². The normalized spacial score (nSPS) is 23.1. The average Bonchev–Trinajstić information content (AvgIpc) is 3.16. The van der Waals surface area contributed by atoms with Gasteiger partial charge in [-0.2, -0.15) is 0 Å². The molecule has 1 heterocycles. The lowest BCUT2D eigenvalue weighted by Crippen LogP contribution is -2.38. The molecule has 4 nitrogen and oxygen atoms in total. The standard InChI is InChI=1S/C26H26N2O2/c1-17(18-9-4-2-5-10-18)27-25-21-13-8-14-22-24(21)20(15-23(25)29)16-28(22)26(30)19-11-6-3-7-12-19/h2-14,17,20,23,25,27,29H,15-16H2,1H3/t17-,20-,23+,25+/m1/s1. The van der Waals surface area contributed by atoms with E-state index in [1.54, 1.807) is 0 Å². The first-order valence-corrected chi connectivity index (χ1v) is 10.6. The molecule has 30 heavy (non-hydrogen) atoms. The van der Waals surface area contributed by atoms with E-state index in [2.05, 4.69) is 30.4 Å². The number of anilines is 1. The topological polar surface area (TPSA) is 52.6 Å². The number of hydrogen-bond acceptors (Lipinski definition) is 3. The number of amides is 1. The minimum atomic E-state index is -0.490. The van der Waals surface area contributed by atoms with Crippen LogP contribution in [0.15, 0.2) is 78.9 Å². The third kappa shape index (κ3) is 3.22. The summed E-state index contributed by atoms with van der Waals surface area (Å²) in [6.07, 6.45) is 0.164.